The number of carbonyl (C=O) groups excluding carboxylic acids is 1. The summed E-state index contributed by atoms with van der Waals surface area (Å²) in [5.41, 5.74) is 0. The third-order valence-corrected chi connectivity index (χ3v) is 3.62. The van der Waals surface area contributed by atoms with Gasteiger partial charge >= 0.3 is 0 Å². The maximum atomic E-state index is 12.5. The van der Waals surface area contributed by atoms with Crippen molar-refractivity contribution in [2.75, 3.05) is 13.1 Å². The molecule has 2 atom stereocenters. The van der Waals surface area contributed by atoms with Gasteiger partial charge in [-0.3, -0.25) is 4.79 Å². The fourth-order valence-corrected chi connectivity index (χ4v) is 2.46. The van der Waals surface area contributed by atoms with Crippen LogP contribution in [0.1, 0.15) is 20.3 Å². The second kappa shape index (κ2) is 6.46. The van der Waals surface area contributed by atoms with Gasteiger partial charge in [-0.2, -0.15) is 0 Å². The van der Waals surface area contributed by atoms with Crippen LogP contribution in [0.5, 0.6) is 5.75 Å². The van der Waals surface area contributed by atoms with Crippen molar-refractivity contribution in [1.82, 2.24) is 4.90 Å². The second-order valence-electron chi connectivity index (χ2n) is 5.47. The molecule has 2 rings (SSSR count). The molecule has 0 radical (unpaired) electrons. The first-order chi connectivity index (χ1) is 9.47. The molecule has 1 heterocycles. The summed E-state index contributed by atoms with van der Waals surface area (Å²) in [7, 11) is 0. The predicted molar refractivity (Wildman–Crippen MR) is 77.9 cm³/mol. The molecule has 0 aliphatic carbocycles. The number of amides is 1. The van der Waals surface area contributed by atoms with E-state index in [0.717, 1.165) is 0 Å². The molecule has 4 nitrogen and oxygen atoms in total. The zero-order chi connectivity index (χ0) is 14.7. The van der Waals surface area contributed by atoms with Crippen LogP contribution < -0.4 is 4.74 Å². The minimum atomic E-state index is -0.557. The summed E-state index contributed by atoms with van der Waals surface area (Å²) in [6, 6.07) is 7.03. The predicted octanol–water partition coefficient (Wildman–Crippen LogP) is 2.34. The molecule has 5 heteroatoms. The van der Waals surface area contributed by atoms with Gasteiger partial charge in [0.2, 0.25) is 0 Å². The Morgan fingerprint density at radius 2 is 2.25 bits per heavy atom. The van der Waals surface area contributed by atoms with Gasteiger partial charge in [0, 0.05) is 18.1 Å². The molecule has 110 valence electrons. The van der Waals surface area contributed by atoms with E-state index >= 15 is 0 Å². The minimum absolute atomic E-state index is 0.0409. The number of carbonyl (C=O) groups is 1. The molecular formula is C15H20ClNO3. The molecule has 0 spiro atoms. The van der Waals surface area contributed by atoms with Crippen LogP contribution in [0.2, 0.25) is 5.02 Å². The van der Waals surface area contributed by atoms with Crippen LogP contribution in [0, 0.1) is 5.92 Å². The zero-order valence-electron chi connectivity index (χ0n) is 11.8. The summed E-state index contributed by atoms with van der Waals surface area (Å²) in [5.74, 6) is 0.556. The number of hydrogen-bond acceptors (Lipinski definition) is 3. The van der Waals surface area contributed by atoms with Crippen molar-refractivity contribution in [3.05, 3.63) is 29.3 Å². The zero-order valence-corrected chi connectivity index (χ0v) is 12.5. The Hall–Kier alpha value is -1.26. The van der Waals surface area contributed by atoms with E-state index in [9.17, 15) is 9.90 Å². The first-order valence-electron chi connectivity index (χ1n) is 6.86. The number of aliphatic hydroxyl groups is 1. The smallest absolute Gasteiger partial charge is 0.264 e. The van der Waals surface area contributed by atoms with Crippen molar-refractivity contribution < 1.29 is 14.6 Å². The van der Waals surface area contributed by atoms with Gasteiger partial charge < -0.3 is 14.7 Å². The molecule has 1 aromatic rings. The standard InChI is InChI=1S/C15H20ClNO3/c1-10(2)14(15(19)17-7-6-12(18)9-17)20-13-5-3-4-11(16)8-13/h3-5,8,10,12,14,18H,6-7,9H2,1-2H3/t12-,14?/m1/s1. The average Bonchev–Trinajstić information content (AvgIpc) is 2.82. The van der Waals surface area contributed by atoms with Crippen molar-refractivity contribution in [3.8, 4) is 5.75 Å². The Morgan fingerprint density at radius 3 is 2.80 bits per heavy atom. The van der Waals surface area contributed by atoms with E-state index in [1.54, 1.807) is 29.2 Å². The van der Waals surface area contributed by atoms with Crippen LogP contribution in [0.15, 0.2) is 24.3 Å². The fraction of sp³-hybridized carbons (Fsp3) is 0.533. The van der Waals surface area contributed by atoms with Crippen LogP contribution in [0.25, 0.3) is 0 Å². The maximum absolute atomic E-state index is 12.5. The third-order valence-electron chi connectivity index (χ3n) is 3.38. The largest absolute Gasteiger partial charge is 0.480 e. The molecule has 1 amide bonds. The van der Waals surface area contributed by atoms with Crippen LogP contribution in [-0.4, -0.2) is 41.2 Å². The summed E-state index contributed by atoms with van der Waals surface area (Å²) in [5, 5.41) is 10.1. The summed E-state index contributed by atoms with van der Waals surface area (Å²) in [6.45, 7) is 4.86. The van der Waals surface area contributed by atoms with E-state index < -0.39 is 12.2 Å². The summed E-state index contributed by atoms with van der Waals surface area (Å²) < 4.78 is 5.81. The Labute approximate surface area is 124 Å². The molecule has 0 bridgehead atoms. The Balaban J connectivity index is 2.09. The molecule has 1 unspecified atom stereocenters. The van der Waals surface area contributed by atoms with Gasteiger partial charge in [-0.1, -0.05) is 31.5 Å². The highest BCUT2D eigenvalue weighted by molar-refractivity contribution is 6.30. The minimum Gasteiger partial charge on any atom is -0.480 e. The van der Waals surface area contributed by atoms with E-state index in [0.29, 0.717) is 30.3 Å². The number of rotatable bonds is 4. The molecule has 0 saturated carbocycles. The number of halogens is 1. The number of nitrogens with zero attached hydrogens (tertiary/aromatic N) is 1. The quantitative estimate of drug-likeness (QED) is 0.928. The lowest BCUT2D eigenvalue weighted by molar-refractivity contribution is -0.140. The molecule has 1 aromatic carbocycles. The number of β-amino-alcohol motifs (C(OH)–C–C–N with tert-alkyl or cyclic N) is 1. The monoisotopic (exact) mass is 297 g/mol. The molecule has 1 saturated heterocycles. The van der Waals surface area contributed by atoms with Crippen molar-refractivity contribution in [2.45, 2.75) is 32.5 Å². The summed E-state index contributed by atoms with van der Waals surface area (Å²) in [4.78, 5) is 14.1. The molecule has 20 heavy (non-hydrogen) atoms. The number of aliphatic hydroxyl groups excluding tert-OH is 1. The van der Waals surface area contributed by atoms with E-state index in [4.69, 9.17) is 16.3 Å². The van der Waals surface area contributed by atoms with Crippen molar-refractivity contribution >= 4 is 17.5 Å². The Kier molecular flexibility index (Phi) is 4.89. The van der Waals surface area contributed by atoms with E-state index in [-0.39, 0.29) is 11.8 Å². The molecule has 1 aliphatic heterocycles. The van der Waals surface area contributed by atoms with Gasteiger partial charge in [0.1, 0.15) is 5.75 Å². The highest BCUT2D eigenvalue weighted by atomic mass is 35.5. The van der Waals surface area contributed by atoms with Gasteiger partial charge in [0.25, 0.3) is 5.91 Å². The van der Waals surface area contributed by atoms with E-state index in [1.807, 2.05) is 13.8 Å². The highest BCUT2D eigenvalue weighted by Gasteiger charge is 2.33. The van der Waals surface area contributed by atoms with Gasteiger partial charge in [-0.05, 0) is 30.5 Å². The molecule has 1 fully saturated rings. The molecule has 1 N–H and O–H groups in total. The number of ether oxygens (including phenoxy) is 1. The molecule has 0 aromatic heterocycles. The number of likely N-dealkylation sites (tertiary alicyclic amines) is 1. The average molecular weight is 298 g/mol. The lowest BCUT2D eigenvalue weighted by Gasteiger charge is -2.26. The fourth-order valence-electron chi connectivity index (χ4n) is 2.28. The van der Waals surface area contributed by atoms with Crippen LogP contribution in [0.3, 0.4) is 0 Å². The Morgan fingerprint density at radius 1 is 1.50 bits per heavy atom. The normalized spacial score (nSPS) is 20.2. The SMILES string of the molecule is CC(C)C(Oc1cccc(Cl)c1)C(=O)N1CC[C@@H](O)C1. The molecule has 1 aliphatic rings. The van der Waals surface area contributed by atoms with Crippen molar-refractivity contribution in [2.24, 2.45) is 5.92 Å². The lowest BCUT2D eigenvalue weighted by Crippen LogP contribution is -2.43. The van der Waals surface area contributed by atoms with Crippen molar-refractivity contribution in [1.29, 1.82) is 0 Å². The van der Waals surface area contributed by atoms with Crippen LogP contribution >= 0.6 is 11.6 Å². The second-order valence-corrected chi connectivity index (χ2v) is 5.90. The molecular weight excluding hydrogens is 278 g/mol. The van der Waals surface area contributed by atoms with E-state index in [1.165, 1.54) is 0 Å². The first-order valence-corrected chi connectivity index (χ1v) is 7.24. The van der Waals surface area contributed by atoms with Gasteiger partial charge in [-0.15, -0.1) is 0 Å². The summed E-state index contributed by atoms with van der Waals surface area (Å²) >= 11 is 5.93. The lowest BCUT2D eigenvalue weighted by atomic mass is 10.1. The van der Waals surface area contributed by atoms with Gasteiger partial charge in [0.05, 0.1) is 6.10 Å². The van der Waals surface area contributed by atoms with Gasteiger partial charge in [0.15, 0.2) is 6.10 Å². The third kappa shape index (κ3) is 3.64. The topological polar surface area (TPSA) is 49.8 Å². The Bertz CT molecular complexity index is 478. The number of hydrogen-bond donors (Lipinski definition) is 1. The van der Waals surface area contributed by atoms with Crippen LogP contribution in [-0.2, 0) is 4.79 Å². The van der Waals surface area contributed by atoms with Crippen LogP contribution in [0.4, 0.5) is 0 Å². The van der Waals surface area contributed by atoms with E-state index in [2.05, 4.69) is 0 Å². The van der Waals surface area contributed by atoms with Crippen molar-refractivity contribution in [3.63, 3.8) is 0 Å². The first kappa shape index (κ1) is 15.1. The maximum Gasteiger partial charge on any atom is 0.264 e. The summed E-state index contributed by atoms with van der Waals surface area (Å²) in [6.07, 6.45) is -0.343. The van der Waals surface area contributed by atoms with Gasteiger partial charge in [-0.25, -0.2) is 0 Å². The highest BCUT2D eigenvalue weighted by Crippen LogP contribution is 2.22. The number of benzene rings is 1.